The molecule has 4 aromatic rings. The number of hydrogen-bond acceptors (Lipinski definition) is 6. The number of hydrogen-bond donors (Lipinski definition) is 1. The Morgan fingerprint density at radius 1 is 1.18 bits per heavy atom. The lowest BCUT2D eigenvalue weighted by Gasteiger charge is -2.19. The average molecular weight is 467 g/mol. The van der Waals surface area contributed by atoms with Gasteiger partial charge >= 0.3 is 0 Å². The van der Waals surface area contributed by atoms with Gasteiger partial charge in [0, 0.05) is 26.5 Å². The van der Waals surface area contributed by atoms with E-state index in [-0.39, 0.29) is 11.5 Å². The van der Waals surface area contributed by atoms with E-state index >= 15 is 0 Å². The van der Waals surface area contributed by atoms with Crippen molar-refractivity contribution in [3.8, 4) is 10.6 Å². The van der Waals surface area contributed by atoms with E-state index in [2.05, 4.69) is 20.4 Å². The maximum Gasteiger partial charge on any atom is 0.277 e. The molecule has 0 fully saturated rings. The van der Waals surface area contributed by atoms with Gasteiger partial charge in [-0.15, -0.1) is 11.3 Å². The third-order valence-electron chi connectivity index (χ3n) is 5.52. The number of aryl methyl sites for hydroxylation is 4. The van der Waals surface area contributed by atoms with Crippen LogP contribution in [0.25, 0.3) is 10.6 Å². The molecule has 0 bridgehead atoms. The van der Waals surface area contributed by atoms with Crippen molar-refractivity contribution in [2.45, 2.75) is 26.8 Å². The van der Waals surface area contributed by atoms with Gasteiger partial charge in [-0.25, -0.2) is 19.0 Å². The van der Waals surface area contributed by atoms with Crippen LogP contribution < -0.4 is 10.9 Å². The van der Waals surface area contributed by atoms with Crippen LogP contribution in [0.3, 0.4) is 0 Å². The Bertz CT molecular complexity index is 1420. The normalized spacial score (nSPS) is 12.1. The predicted octanol–water partition coefficient (Wildman–Crippen LogP) is 3.22. The van der Waals surface area contributed by atoms with Crippen LogP contribution in [-0.2, 0) is 14.1 Å². The Morgan fingerprint density at radius 3 is 2.61 bits per heavy atom. The Kier molecular flexibility index (Phi) is 5.94. The molecule has 0 saturated carbocycles. The van der Waals surface area contributed by atoms with E-state index in [1.807, 2.05) is 13.8 Å². The number of carbonyl (C=O) groups is 1. The summed E-state index contributed by atoms with van der Waals surface area (Å²) in [6, 6.07) is 5.38. The van der Waals surface area contributed by atoms with Crippen LogP contribution >= 0.6 is 11.3 Å². The van der Waals surface area contributed by atoms with E-state index < -0.39 is 11.9 Å². The summed E-state index contributed by atoms with van der Waals surface area (Å²) in [6.07, 6.45) is 3.38. The van der Waals surface area contributed by atoms with Gasteiger partial charge in [0.2, 0.25) is 0 Å². The summed E-state index contributed by atoms with van der Waals surface area (Å²) in [6.45, 7) is 5.36. The summed E-state index contributed by atoms with van der Waals surface area (Å²) in [5, 5.41) is 7.62. The highest BCUT2D eigenvalue weighted by atomic mass is 32.1. The molecule has 1 N–H and O–H groups in total. The van der Waals surface area contributed by atoms with E-state index in [9.17, 15) is 14.0 Å². The molecule has 4 rings (SSSR count). The minimum absolute atomic E-state index is 0.274. The molecule has 1 amide bonds. The third kappa shape index (κ3) is 4.21. The number of halogens is 1. The number of aromatic nitrogens is 5. The maximum atomic E-state index is 13.9. The highest BCUT2D eigenvalue weighted by Gasteiger charge is 2.26. The van der Waals surface area contributed by atoms with Gasteiger partial charge in [-0.3, -0.25) is 9.59 Å². The minimum atomic E-state index is -0.670. The van der Waals surface area contributed by atoms with Crippen molar-refractivity contribution in [1.82, 2.24) is 29.6 Å². The zero-order valence-electron chi connectivity index (χ0n) is 18.9. The second kappa shape index (κ2) is 8.70. The second-order valence-corrected chi connectivity index (χ2v) is 8.80. The van der Waals surface area contributed by atoms with Crippen LogP contribution in [0.15, 0.2) is 41.5 Å². The highest BCUT2D eigenvalue weighted by molar-refractivity contribution is 7.17. The van der Waals surface area contributed by atoms with Crippen molar-refractivity contribution in [1.29, 1.82) is 0 Å². The first-order valence-corrected chi connectivity index (χ1v) is 11.0. The number of nitrogens with zero attached hydrogens (tertiary/aromatic N) is 5. The fourth-order valence-electron chi connectivity index (χ4n) is 3.65. The van der Waals surface area contributed by atoms with Gasteiger partial charge in [0.05, 0.1) is 17.0 Å². The molecule has 0 spiro atoms. The lowest BCUT2D eigenvalue weighted by Crippen LogP contribution is -2.31. The number of carbonyl (C=O) groups excluding carboxylic acids is 1. The van der Waals surface area contributed by atoms with Crippen LogP contribution in [0.4, 0.5) is 4.39 Å². The molecule has 3 aromatic heterocycles. The molecule has 8 nitrogen and oxygen atoms in total. The number of rotatable bonds is 5. The molecule has 1 atom stereocenters. The molecule has 0 aliphatic carbocycles. The highest BCUT2D eigenvalue weighted by Crippen LogP contribution is 2.30. The molecule has 0 aliphatic heterocycles. The molecule has 3 heterocycles. The molecular weight excluding hydrogens is 443 g/mol. The monoisotopic (exact) mass is 466 g/mol. The summed E-state index contributed by atoms with van der Waals surface area (Å²) < 4.78 is 17.0. The van der Waals surface area contributed by atoms with Gasteiger partial charge in [0.25, 0.3) is 11.5 Å². The van der Waals surface area contributed by atoms with E-state index in [0.717, 1.165) is 16.9 Å². The zero-order valence-corrected chi connectivity index (χ0v) is 19.7. The van der Waals surface area contributed by atoms with Crippen LogP contribution in [0, 0.1) is 26.6 Å². The van der Waals surface area contributed by atoms with Crippen molar-refractivity contribution in [2.75, 3.05) is 0 Å². The van der Waals surface area contributed by atoms with Gasteiger partial charge in [-0.1, -0.05) is 12.1 Å². The van der Waals surface area contributed by atoms with Crippen molar-refractivity contribution < 1.29 is 9.18 Å². The number of imidazole rings is 1. The lowest BCUT2D eigenvalue weighted by atomic mass is 10.1. The SMILES string of the molecule is Cc1nc(-c2c(C)c(C)nn(C)c2=O)sc1C(=O)NC(c1cccc(F)c1)c1nccn1C. The Morgan fingerprint density at radius 2 is 1.94 bits per heavy atom. The van der Waals surface area contributed by atoms with E-state index in [1.165, 1.54) is 16.8 Å². The molecule has 0 aliphatic rings. The molecule has 0 radical (unpaired) electrons. The maximum absolute atomic E-state index is 13.9. The number of benzene rings is 1. The van der Waals surface area contributed by atoms with Gasteiger partial charge in [-0.05, 0) is 44.0 Å². The van der Waals surface area contributed by atoms with Crippen LogP contribution in [0.5, 0.6) is 0 Å². The molecular formula is C23H23FN6O2S. The molecule has 1 aromatic carbocycles. The second-order valence-electron chi connectivity index (χ2n) is 7.81. The fraction of sp³-hybridized carbons (Fsp3) is 0.261. The summed E-state index contributed by atoms with van der Waals surface area (Å²) >= 11 is 1.14. The first kappa shape index (κ1) is 22.5. The van der Waals surface area contributed by atoms with E-state index in [1.54, 1.807) is 50.1 Å². The Hall–Kier alpha value is -3.66. The first-order chi connectivity index (χ1) is 15.7. The predicted molar refractivity (Wildman–Crippen MR) is 124 cm³/mol. The standard InChI is InChI=1S/C23H23FN6O2S/c1-12-13(2)28-30(5)23(32)17(12)22-26-14(3)19(33-22)21(31)27-18(20-25-9-10-29(20)4)15-7-6-8-16(24)11-15/h6-11,18H,1-5H3,(H,27,31). The summed E-state index contributed by atoms with van der Waals surface area (Å²) in [7, 11) is 3.39. The van der Waals surface area contributed by atoms with Gasteiger partial charge in [0.15, 0.2) is 0 Å². The van der Waals surface area contributed by atoms with Crippen LogP contribution in [-0.4, -0.2) is 30.2 Å². The molecule has 10 heteroatoms. The Balaban J connectivity index is 1.74. The number of amides is 1. The Labute approximate surface area is 193 Å². The zero-order chi connectivity index (χ0) is 23.9. The quantitative estimate of drug-likeness (QED) is 0.487. The van der Waals surface area contributed by atoms with Gasteiger partial charge < -0.3 is 9.88 Å². The number of thiazole rings is 1. The van der Waals surface area contributed by atoms with Gasteiger partial charge in [0.1, 0.15) is 27.6 Å². The number of nitrogens with one attached hydrogen (secondary N) is 1. The molecule has 1 unspecified atom stereocenters. The van der Waals surface area contributed by atoms with Crippen molar-refractivity contribution >= 4 is 17.2 Å². The molecule has 170 valence electrons. The van der Waals surface area contributed by atoms with E-state index in [4.69, 9.17) is 0 Å². The lowest BCUT2D eigenvalue weighted by molar-refractivity contribution is 0.0944. The van der Waals surface area contributed by atoms with Crippen LogP contribution in [0.2, 0.25) is 0 Å². The largest absolute Gasteiger partial charge is 0.337 e. The van der Waals surface area contributed by atoms with Crippen molar-refractivity contribution in [3.05, 3.63) is 86.0 Å². The smallest absolute Gasteiger partial charge is 0.277 e. The van der Waals surface area contributed by atoms with Crippen molar-refractivity contribution in [3.63, 3.8) is 0 Å². The first-order valence-electron chi connectivity index (χ1n) is 10.2. The average Bonchev–Trinajstić information content (AvgIpc) is 3.36. The molecule has 33 heavy (non-hydrogen) atoms. The van der Waals surface area contributed by atoms with Crippen LogP contribution in [0.1, 0.15) is 44.1 Å². The minimum Gasteiger partial charge on any atom is -0.337 e. The molecule has 0 saturated heterocycles. The fourth-order valence-corrected chi connectivity index (χ4v) is 4.71. The van der Waals surface area contributed by atoms with Gasteiger partial charge in [-0.2, -0.15) is 5.10 Å². The summed E-state index contributed by atoms with van der Waals surface area (Å²) in [5.41, 5.74) is 2.67. The van der Waals surface area contributed by atoms with Crippen molar-refractivity contribution in [2.24, 2.45) is 14.1 Å². The topological polar surface area (TPSA) is 94.7 Å². The third-order valence-corrected chi connectivity index (χ3v) is 6.69. The summed E-state index contributed by atoms with van der Waals surface area (Å²) in [5.74, 6) is -0.226. The summed E-state index contributed by atoms with van der Waals surface area (Å²) in [4.78, 5) is 35.3. The van der Waals surface area contributed by atoms with E-state index in [0.29, 0.717) is 38.2 Å².